The quantitative estimate of drug-likeness (QED) is 0.779. The van der Waals surface area contributed by atoms with Gasteiger partial charge in [-0.1, -0.05) is 18.2 Å². The number of nitrogens with one attached hydrogen (secondary N) is 1. The monoisotopic (exact) mass is 252 g/mol. The van der Waals surface area contributed by atoms with Crippen LogP contribution < -0.4 is 5.32 Å². The Kier molecular flexibility index (Phi) is 2.98. The SMILES string of the molecule is O=C(NCc1ccncc1)c1cc2ccccc2o1. The molecular weight excluding hydrogens is 240 g/mol. The second kappa shape index (κ2) is 4.94. The molecule has 19 heavy (non-hydrogen) atoms. The summed E-state index contributed by atoms with van der Waals surface area (Å²) in [4.78, 5) is 15.9. The van der Waals surface area contributed by atoms with Gasteiger partial charge in [0.15, 0.2) is 5.76 Å². The second-order valence-electron chi connectivity index (χ2n) is 4.19. The highest BCUT2D eigenvalue weighted by Gasteiger charge is 2.11. The molecule has 1 amide bonds. The number of pyridine rings is 1. The van der Waals surface area contributed by atoms with E-state index < -0.39 is 0 Å². The first-order valence-corrected chi connectivity index (χ1v) is 5.98. The molecule has 0 atom stereocenters. The van der Waals surface area contributed by atoms with Crippen LogP contribution in [-0.2, 0) is 6.54 Å². The van der Waals surface area contributed by atoms with Gasteiger partial charge in [-0.2, -0.15) is 0 Å². The molecule has 2 heterocycles. The van der Waals surface area contributed by atoms with E-state index in [-0.39, 0.29) is 5.91 Å². The zero-order chi connectivity index (χ0) is 13.1. The van der Waals surface area contributed by atoms with Crippen LogP contribution in [0.4, 0.5) is 0 Å². The maximum Gasteiger partial charge on any atom is 0.287 e. The highest BCUT2D eigenvalue weighted by Crippen LogP contribution is 2.18. The average molecular weight is 252 g/mol. The van der Waals surface area contributed by atoms with Crippen LogP contribution in [0.15, 0.2) is 59.3 Å². The number of rotatable bonds is 3. The molecule has 4 nitrogen and oxygen atoms in total. The highest BCUT2D eigenvalue weighted by atomic mass is 16.3. The average Bonchev–Trinajstić information content (AvgIpc) is 2.90. The molecule has 0 radical (unpaired) electrons. The number of fused-ring (bicyclic) bond motifs is 1. The van der Waals surface area contributed by atoms with Crippen LogP contribution in [-0.4, -0.2) is 10.9 Å². The summed E-state index contributed by atoms with van der Waals surface area (Å²) < 4.78 is 5.49. The maximum absolute atomic E-state index is 12.0. The fourth-order valence-corrected chi connectivity index (χ4v) is 1.86. The Bertz CT molecular complexity index is 671. The Hall–Kier alpha value is -2.62. The van der Waals surface area contributed by atoms with E-state index in [1.807, 2.05) is 36.4 Å². The number of para-hydroxylation sites is 1. The number of nitrogens with zero attached hydrogens (tertiary/aromatic N) is 1. The minimum atomic E-state index is -0.215. The molecule has 0 saturated heterocycles. The lowest BCUT2D eigenvalue weighted by Gasteiger charge is -2.02. The fraction of sp³-hybridized carbons (Fsp3) is 0.0667. The van der Waals surface area contributed by atoms with Gasteiger partial charge in [0.25, 0.3) is 5.91 Å². The largest absolute Gasteiger partial charge is 0.451 e. The molecule has 0 aliphatic rings. The zero-order valence-corrected chi connectivity index (χ0v) is 10.2. The van der Waals surface area contributed by atoms with Gasteiger partial charge in [0, 0.05) is 24.3 Å². The normalized spacial score (nSPS) is 10.5. The number of amides is 1. The molecule has 2 aromatic heterocycles. The second-order valence-corrected chi connectivity index (χ2v) is 4.19. The van der Waals surface area contributed by atoms with E-state index >= 15 is 0 Å². The van der Waals surface area contributed by atoms with Gasteiger partial charge in [-0.05, 0) is 29.8 Å². The summed E-state index contributed by atoms with van der Waals surface area (Å²) in [7, 11) is 0. The number of carbonyl (C=O) groups is 1. The first kappa shape index (κ1) is 11.5. The summed E-state index contributed by atoms with van der Waals surface area (Å²) in [5, 5.41) is 3.74. The van der Waals surface area contributed by atoms with E-state index in [4.69, 9.17) is 4.42 Å². The number of carbonyl (C=O) groups excluding carboxylic acids is 1. The molecule has 0 aliphatic carbocycles. The molecule has 0 spiro atoms. The van der Waals surface area contributed by atoms with Crippen molar-refractivity contribution >= 4 is 16.9 Å². The van der Waals surface area contributed by atoms with Crippen LogP contribution in [0, 0.1) is 0 Å². The van der Waals surface area contributed by atoms with Crippen molar-refractivity contribution in [3.8, 4) is 0 Å². The lowest BCUT2D eigenvalue weighted by atomic mass is 10.2. The lowest BCUT2D eigenvalue weighted by molar-refractivity contribution is 0.0925. The van der Waals surface area contributed by atoms with Crippen molar-refractivity contribution in [1.29, 1.82) is 0 Å². The van der Waals surface area contributed by atoms with Gasteiger partial charge in [0.1, 0.15) is 5.58 Å². The van der Waals surface area contributed by atoms with Crippen LogP contribution in [0.3, 0.4) is 0 Å². The Morgan fingerprint density at radius 3 is 2.74 bits per heavy atom. The van der Waals surface area contributed by atoms with E-state index in [0.29, 0.717) is 12.3 Å². The van der Waals surface area contributed by atoms with Crippen molar-refractivity contribution < 1.29 is 9.21 Å². The molecule has 3 rings (SSSR count). The molecule has 1 aromatic carbocycles. The summed E-state index contributed by atoms with van der Waals surface area (Å²) in [6.45, 7) is 0.457. The third-order valence-corrected chi connectivity index (χ3v) is 2.85. The topological polar surface area (TPSA) is 55.1 Å². The Labute approximate surface area is 110 Å². The Morgan fingerprint density at radius 2 is 1.95 bits per heavy atom. The van der Waals surface area contributed by atoms with Crippen molar-refractivity contribution in [2.45, 2.75) is 6.54 Å². The van der Waals surface area contributed by atoms with Gasteiger partial charge in [0.2, 0.25) is 0 Å². The van der Waals surface area contributed by atoms with Crippen molar-refractivity contribution in [3.05, 3.63) is 66.2 Å². The van der Waals surface area contributed by atoms with Crippen LogP contribution in [0.2, 0.25) is 0 Å². The van der Waals surface area contributed by atoms with Crippen molar-refractivity contribution in [2.75, 3.05) is 0 Å². The van der Waals surface area contributed by atoms with Gasteiger partial charge in [-0.15, -0.1) is 0 Å². The third kappa shape index (κ3) is 2.47. The smallest absolute Gasteiger partial charge is 0.287 e. The number of furan rings is 1. The van der Waals surface area contributed by atoms with Gasteiger partial charge in [-0.3, -0.25) is 9.78 Å². The van der Waals surface area contributed by atoms with Gasteiger partial charge < -0.3 is 9.73 Å². The molecule has 0 aliphatic heterocycles. The van der Waals surface area contributed by atoms with Crippen LogP contribution in [0.25, 0.3) is 11.0 Å². The molecule has 0 unspecified atom stereocenters. The standard InChI is InChI=1S/C15H12N2O2/c18-15(17-10-11-5-7-16-8-6-11)14-9-12-3-1-2-4-13(12)19-14/h1-9H,10H2,(H,17,18). The van der Waals surface area contributed by atoms with Crippen molar-refractivity contribution in [1.82, 2.24) is 10.3 Å². The predicted molar refractivity (Wildman–Crippen MR) is 71.6 cm³/mol. The van der Waals surface area contributed by atoms with Crippen molar-refractivity contribution in [3.63, 3.8) is 0 Å². The number of aromatic nitrogens is 1. The van der Waals surface area contributed by atoms with Crippen LogP contribution >= 0.6 is 0 Å². The van der Waals surface area contributed by atoms with E-state index in [2.05, 4.69) is 10.3 Å². The first-order chi connectivity index (χ1) is 9.33. The molecule has 0 fully saturated rings. The van der Waals surface area contributed by atoms with Crippen LogP contribution in [0.5, 0.6) is 0 Å². The molecule has 4 heteroatoms. The predicted octanol–water partition coefficient (Wildman–Crippen LogP) is 2.76. The number of hydrogen-bond acceptors (Lipinski definition) is 3. The summed E-state index contributed by atoms with van der Waals surface area (Å²) >= 11 is 0. The van der Waals surface area contributed by atoms with Crippen molar-refractivity contribution in [2.24, 2.45) is 0 Å². The van der Waals surface area contributed by atoms with Gasteiger partial charge in [0.05, 0.1) is 0 Å². The zero-order valence-electron chi connectivity index (χ0n) is 10.2. The minimum Gasteiger partial charge on any atom is -0.451 e. The Morgan fingerprint density at radius 1 is 1.16 bits per heavy atom. The van der Waals surface area contributed by atoms with Gasteiger partial charge >= 0.3 is 0 Å². The number of hydrogen-bond donors (Lipinski definition) is 1. The Balaban J connectivity index is 1.73. The molecule has 94 valence electrons. The van der Waals surface area contributed by atoms with E-state index in [0.717, 1.165) is 16.5 Å². The molecule has 0 saturated carbocycles. The van der Waals surface area contributed by atoms with Gasteiger partial charge in [-0.25, -0.2) is 0 Å². The summed E-state index contributed by atoms with van der Waals surface area (Å²) in [6.07, 6.45) is 3.39. The molecule has 3 aromatic rings. The summed E-state index contributed by atoms with van der Waals surface area (Å²) in [5.41, 5.74) is 1.72. The van der Waals surface area contributed by atoms with E-state index in [9.17, 15) is 4.79 Å². The molecular formula is C15H12N2O2. The summed E-state index contributed by atoms with van der Waals surface area (Å²) in [5.74, 6) is 0.114. The first-order valence-electron chi connectivity index (χ1n) is 5.98. The summed E-state index contributed by atoms with van der Waals surface area (Å²) in [6, 6.07) is 13.0. The third-order valence-electron chi connectivity index (χ3n) is 2.85. The molecule has 1 N–H and O–H groups in total. The van der Waals surface area contributed by atoms with E-state index in [1.54, 1.807) is 18.5 Å². The highest BCUT2D eigenvalue weighted by molar-refractivity contribution is 5.95. The lowest BCUT2D eigenvalue weighted by Crippen LogP contribution is -2.22. The fourth-order valence-electron chi connectivity index (χ4n) is 1.86. The number of benzene rings is 1. The maximum atomic E-state index is 12.0. The minimum absolute atomic E-state index is 0.215. The van der Waals surface area contributed by atoms with Crippen LogP contribution in [0.1, 0.15) is 16.1 Å². The van der Waals surface area contributed by atoms with E-state index in [1.165, 1.54) is 0 Å². The molecule has 0 bridgehead atoms.